The summed E-state index contributed by atoms with van der Waals surface area (Å²) in [5, 5.41) is 23.5. The normalized spacial score (nSPS) is 12.4. The van der Waals surface area contributed by atoms with Crippen LogP contribution < -0.4 is 5.32 Å². The zero-order valence-corrected chi connectivity index (χ0v) is 65.2. The summed E-state index contributed by atoms with van der Waals surface area (Å²) in [7, 11) is 0. The van der Waals surface area contributed by atoms with Gasteiger partial charge in [-0.3, -0.25) is 9.59 Å². The second-order valence-corrected chi connectivity index (χ2v) is 30.9. The van der Waals surface area contributed by atoms with E-state index in [1.807, 2.05) is 0 Å². The first-order chi connectivity index (χ1) is 47.0. The van der Waals surface area contributed by atoms with Gasteiger partial charge in [0.15, 0.2) is 0 Å². The van der Waals surface area contributed by atoms with Crippen LogP contribution in [-0.2, 0) is 14.3 Å². The van der Waals surface area contributed by atoms with Crippen molar-refractivity contribution < 1.29 is 24.5 Å². The number of allylic oxidation sites excluding steroid dienone is 2. The van der Waals surface area contributed by atoms with Gasteiger partial charge in [0.2, 0.25) is 5.91 Å². The van der Waals surface area contributed by atoms with E-state index in [0.29, 0.717) is 25.9 Å². The molecule has 0 aliphatic carbocycles. The van der Waals surface area contributed by atoms with E-state index in [2.05, 4.69) is 31.3 Å². The number of carbonyl (C=O) groups excluding carboxylic acids is 2. The molecule has 95 heavy (non-hydrogen) atoms. The summed E-state index contributed by atoms with van der Waals surface area (Å²) in [6.07, 6.45) is 109. The van der Waals surface area contributed by atoms with Crippen molar-refractivity contribution in [1.82, 2.24) is 5.32 Å². The first-order valence-electron chi connectivity index (χ1n) is 44.4. The summed E-state index contributed by atoms with van der Waals surface area (Å²) < 4.78 is 5.52. The van der Waals surface area contributed by atoms with Crippen molar-refractivity contribution in [1.29, 1.82) is 0 Å². The number of aliphatic hydroxyl groups excluding tert-OH is 2. The first kappa shape index (κ1) is 93.6. The molecule has 2 unspecified atom stereocenters. The first-order valence-corrected chi connectivity index (χ1v) is 44.4. The van der Waals surface area contributed by atoms with Crippen molar-refractivity contribution in [3.05, 3.63) is 12.2 Å². The number of nitrogens with one attached hydrogen (secondary N) is 1. The number of aliphatic hydroxyl groups is 2. The van der Waals surface area contributed by atoms with E-state index >= 15 is 0 Å². The van der Waals surface area contributed by atoms with Gasteiger partial charge in [-0.15, -0.1) is 0 Å². The molecule has 0 aliphatic rings. The zero-order valence-electron chi connectivity index (χ0n) is 65.2. The lowest BCUT2D eigenvalue weighted by Crippen LogP contribution is -2.45. The van der Waals surface area contributed by atoms with Gasteiger partial charge in [-0.2, -0.15) is 0 Å². The van der Waals surface area contributed by atoms with E-state index in [0.717, 1.165) is 38.5 Å². The molecule has 0 aromatic heterocycles. The maximum absolute atomic E-state index is 12.6. The number of amides is 1. The molecule has 1 amide bonds. The lowest BCUT2D eigenvalue weighted by atomic mass is 10.0. The summed E-state index contributed by atoms with van der Waals surface area (Å²) in [6.45, 7) is 5.02. The van der Waals surface area contributed by atoms with E-state index < -0.39 is 12.1 Å². The van der Waals surface area contributed by atoms with Crippen molar-refractivity contribution >= 4 is 11.9 Å². The summed E-state index contributed by atoms with van der Waals surface area (Å²) in [6, 6.07) is -0.538. The maximum Gasteiger partial charge on any atom is 0.305 e. The molecule has 0 rings (SSSR count). The third kappa shape index (κ3) is 81.5. The molecular weight excluding hydrogens is 1160 g/mol. The largest absolute Gasteiger partial charge is 0.466 e. The molecule has 6 heteroatoms. The molecule has 0 aliphatic heterocycles. The predicted octanol–water partition coefficient (Wildman–Crippen LogP) is 29.8. The lowest BCUT2D eigenvalue weighted by molar-refractivity contribution is -0.143. The fourth-order valence-electron chi connectivity index (χ4n) is 14.6. The maximum atomic E-state index is 12.6. The Morgan fingerprint density at radius 1 is 0.284 bits per heavy atom. The van der Waals surface area contributed by atoms with Crippen LogP contribution in [0.3, 0.4) is 0 Å². The van der Waals surface area contributed by atoms with Gasteiger partial charge < -0.3 is 20.3 Å². The highest BCUT2D eigenvalue weighted by molar-refractivity contribution is 5.76. The Bertz CT molecular complexity index is 1450. The van der Waals surface area contributed by atoms with Gasteiger partial charge in [-0.05, 0) is 51.4 Å². The number of ether oxygens (including phenoxy) is 1. The summed E-state index contributed by atoms with van der Waals surface area (Å²) in [5.41, 5.74) is 0. The van der Waals surface area contributed by atoms with Gasteiger partial charge in [-0.25, -0.2) is 0 Å². The summed E-state index contributed by atoms with van der Waals surface area (Å²) in [5.74, 6) is -0.000866. The van der Waals surface area contributed by atoms with E-state index in [4.69, 9.17) is 4.74 Å². The molecule has 2 atom stereocenters. The van der Waals surface area contributed by atoms with E-state index in [9.17, 15) is 19.8 Å². The van der Waals surface area contributed by atoms with Crippen molar-refractivity contribution in [2.24, 2.45) is 0 Å². The molecule has 6 nitrogen and oxygen atoms in total. The van der Waals surface area contributed by atoms with Crippen molar-refractivity contribution in [2.45, 2.75) is 533 Å². The molecular formula is C89H175NO5. The Labute approximate surface area is 597 Å². The topological polar surface area (TPSA) is 95.9 Å². The molecule has 0 radical (unpaired) electrons. The molecule has 566 valence electrons. The van der Waals surface area contributed by atoms with Crippen molar-refractivity contribution in [3.8, 4) is 0 Å². The lowest BCUT2D eigenvalue weighted by Gasteiger charge is -2.22. The monoisotopic (exact) mass is 1340 g/mol. The van der Waals surface area contributed by atoms with Gasteiger partial charge in [0.25, 0.3) is 0 Å². The standard InChI is InChI=1S/C89H175NO5/c1-3-5-7-9-11-13-15-17-19-21-22-23-24-40-43-46-50-53-57-61-65-69-73-77-81-87(92)86(85-91)90-88(93)82-78-74-70-66-62-58-54-51-47-44-41-38-36-34-32-30-28-26-25-27-29-31-33-35-37-39-42-45-48-52-56-60-64-68-72-76-80-84-95-89(94)83-79-75-71-67-63-59-55-49-20-18-16-14-12-10-8-6-4-2/h18,20,86-87,91-92H,3-17,19,21-85H2,1-2H3,(H,90,93)/b20-18-. The summed E-state index contributed by atoms with van der Waals surface area (Å²) in [4.78, 5) is 24.7. The smallest absolute Gasteiger partial charge is 0.305 e. The molecule has 0 bridgehead atoms. The second kappa shape index (κ2) is 85.0. The Morgan fingerprint density at radius 3 is 0.747 bits per heavy atom. The van der Waals surface area contributed by atoms with E-state index in [1.54, 1.807) is 0 Å². The van der Waals surface area contributed by atoms with E-state index in [-0.39, 0.29) is 18.5 Å². The van der Waals surface area contributed by atoms with Crippen LogP contribution in [0.4, 0.5) is 0 Å². The molecule has 0 saturated carbocycles. The Morgan fingerprint density at radius 2 is 0.495 bits per heavy atom. The van der Waals surface area contributed by atoms with Gasteiger partial charge in [-0.1, -0.05) is 469 Å². The molecule has 0 fully saturated rings. The molecule has 0 aromatic carbocycles. The Kier molecular flexibility index (Phi) is 83.8. The molecule has 0 spiro atoms. The predicted molar refractivity (Wildman–Crippen MR) is 421 cm³/mol. The Balaban J connectivity index is 3.30. The highest BCUT2D eigenvalue weighted by atomic mass is 16.5. The molecule has 0 aromatic rings. The average Bonchev–Trinajstić information content (AvgIpc) is 2.97. The van der Waals surface area contributed by atoms with Gasteiger partial charge in [0.1, 0.15) is 0 Å². The highest BCUT2D eigenvalue weighted by Crippen LogP contribution is 2.21. The van der Waals surface area contributed by atoms with Gasteiger partial charge in [0.05, 0.1) is 25.4 Å². The van der Waals surface area contributed by atoms with Crippen LogP contribution in [0, 0.1) is 0 Å². The SMILES string of the molecule is CCCCCCCC/C=C\CCCCCCCCCC(=O)OCCCCCCCCCCCCCCCCCCCCCCCCCCCCCCCCCCCCCCCC(=O)NC(CO)C(O)CCCCCCCCCCCCCCCCCCCCCCCCCC. The van der Waals surface area contributed by atoms with Crippen LogP contribution in [0.1, 0.15) is 521 Å². The van der Waals surface area contributed by atoms with Crippen molar-refractivity contribution in [3.63, 3.8) is 0 Å². The number of hydrogen-bond acceptors (Lipinski definition) is 5. The van der Waals surface area contributed by atoms with Gasteiger partial charge >= 0.3 is 5.97 Å². The van der Waals surface area contributed by atoms with Crippen LogP contribution in [0.5, 0.6) is 0 Å². The summed E-state index contributed by atoms with van der Waals surface area (Å²) >= 11 is 0. The minimum atomic E-state index is -0.661. The fraction of sp³-hybridized carbons (Fsp3) is 0.955. The van der Waals surface area contributed by atoms with Crippen LogP contribution in [0.25, 0.3) is 0 Å². The zero-order chi connectivity index (χ0) is 68.4. The van der Waals surface area contributed by atoms with Crippen LogP contribution in [0.15, 0.2) is 12.2 Å². The number of rotatable bonds is 85. The average molecular weight is 1340 g/mol. The third-order valence-electron chi connectivity index (χ3n) is 21.3. The van der Waals surface area contributed by atoms with Gasteiger partial charge in [0, 0.05) is 12.8 Å². The fourth-order valence-corrected chi connectivity index (χ4v) is 14.6. The molecule has 0 saturated heterocycles. The third-order valence-corrected chi connectivity index (χ3v) is 21.3. The van der Waals surface area contributed by atoms with Crippen LogP contribution in [0.2, 0.25) is 0 Å². The number of hydrogen-bond donors (Lipinski definition) is 3. The Hall–Kier alpha value is -1.40. The van der Waals surface area contributed by atoms with E-state index in [1.165, 1.54) is 449 Å². The second-order valence-electron chi connectivity index (χ2n) is 30.9. The molecule has 0 heterocycles. The number of carbonyl (C=O) groups is 2. The minimum absolute atomic E-state index is 0.0215. The quantitative estimate of drug-likeness (QED) is 0.0320. The highest BCUT2D eigenvalue weighted by Gasteiger charge is 2.20. The van der Waals surface area contributed by atoms with Crippen LogP contribution >= 0.6 is 0 Å². The van der Waals surface area contributed by atoms with Crippen LogP contribution in [-0.4, -0.2) is 47.4 Å². The minimum Gasteiger partial charge on any atom is -0.466 e. The van der Waals surface area contributed by atoms with Crippen molar-refractivity contribution in [2.75, 3.05) is 13.2 Å². The number of unbranched alkanes of at least 4 members (excludes halogenated alkanes) is 72. The molecule has 3 N–H and O–H groups in total. The number of esters is 1.